The van der Waals surface area contributed by atoms with Crippen LogP contribution in [0.25, 0.3) is 0 Å². The van der Waals surface area contributed by atoms with E-state index in [4.69, 9.17) is 0 Å². The van der Waals surface area contributed by atoms with E-state index in [2.05, 4.69) is 57.1 Å². The van der Waals surface area contributed by atoms with Crippen LogP contribution in [0.2, 0.25) is 0 Å². The Balaban J connectivity index is 2.03. The Morgan fingerprint density at radius 3 is 2.26 bits per heavy atom. The summed E-state index contributed by atoms with van der Waals surface area (Å²) in [6.07, 6.45) is 2.54. The molecule has 1 aliphatic rings. The van der Waals surface area contributed by atoms with Gasteiger partial charge in [0.2, 0.25) is 0 Å². The van der Waals surface area contributed by atoms with Gasteiger partial charge in [0, 0.05) is 12.1 Å². The van der Waals surface area contributed by atoms with Gasteiger partial charge in [0.25, 0.3) is 0 Å². The molecule has 2 heteroatoms. The number of piperidine rings is 1. The highest BCUT2D eigenvalue weighted by molar-refractivity contribution is 5.38. The molecule has 1 N–H and O–H groups in total. The van der Waals surface area contributed by atoms with E-state index in [1.54, 1.807) is 0 Å². The highest BCUT2D eigenvalue weighted by Gasteiger charge is 2.19. The number of hydrogen-bond donors (Lipinski definition) is 1. The molecule has 1 fully saturated rings. The van der Waals surface area contributed by atoms with Crippen LogP contribution in [0.3, 0.4) is 0 Å². The second-order valence-electron chi connectivity index (χ2n) is 6.26. The molecule has 19 heavy (non-hydrogen) atoms. The summed E-state index contributed by atoms with van der Waals surface area (Å²) in [5, 5.41) is 3.82. The van der Waals surface area contributed by atoms with Crippen LogP contribution >= 0.6 is 0 Å². The molecule has 0 spiro atoms. The van der Waals surface area contributed by atoms with Gasteiger partial charge in [0.1, 0.15) is 0 Å². The minimum absolute atomic E-state index is 0.452. The largest absolute Gasteiger partial charge is 0.307 e. The summed E-state index contributed by atoms with van der Waals surface area (Å²) in [5.41, 5.74) is 5.67. The maximum Gasteiger partial charge on any atom is 0.0297 e. The predicted molar refractivity (Wildman–Crippen MR) is 82.7 cm³/mol. The molecule has 2 nitrogen and oxygen atoms in total. The molecular weight excluding hydrogens is 232 g/mol. The maximum atomic E-state index is 3.82. The van der Waals surface area contributed by atoms with Crippen molar-refractivity contribution in [1.29, 1.82) is 0 Å². The van der Waals surface area contributed by atoms with Crippen LogP contribution in [0, 0.1) is 20.8 Å². The number of benzene rings is 1. The third-order valence-electron chi connectivity index (χ3n) is 4.55. The van der Waals surface area contributed by atoms with Gasteiger partial charge < -0.3 is 10.2 Å². The quantitative estimate of drug-likeness (QED) is 0.896. The van der Waals surface area contributed by atoms with E-state index in [1.807, 2.05) is 0 Å². The molecule has 0 aromatic heterocycles. The first-order valence-corrected chi connectivity index (χ1v) is 7.49. The molecule has 2 rings (SSSR count). The molecule has 0 aliphatic carbocycles. The number of rotatable bonds is 3. The number of aryl methyl sites for hydroxylation is 3. The monoisotopic (exact) mass is 260 g/mol. The summed E-state index contributed by atoms with van der Waals surface area (Å²) in [6, 6.07) is 5.80. The molecular formula is C17H28N2. The minimum atomic E-state index is 0.452. The van der Waals surface area contributed by atoms with E-state index in [0.29, 0.717) is 12.1 Å². The molecule has 0 bridgehead atoms. The highest BCUT2D eigenvalue weighted by atomic mass is 15.1. The second kappa shape index (κ2) is 6.06. The topological polar surface area (TPSA) is 15.3 Å². The molecule has 0 radical (unpaired) electrons. The first-order chi connectivity index (χ1) is 8.97. The van der Waals surface area contributed by atoms with E-state index < -0.39 is 0 Å². The summed E-state index contributed by atoms with van der Waals surface area (Å²) < 4.78 is 0. The van der Waals surface area contributed by atoms with Gasteiger partial charge in [-0.05, 0) is 82.9 Å². The van der Waals surface area contributed by atoms with Crippen molar-refractivity contribution in [3.05, 3.63) is 34.4 Å². The van der Waals surface area contributed by atoms with Crippen LogP contribution in [-0.2, 0) is 0 Å². The lowest BCUT2D eigenvalue weighted by molar-refractivity contribution is 0.226. The highest BCUT2D eigenvalue weighted by Crippen LogP contribution is 2.23. The van der Waals surface area contributed by atoms with Gasteiger partial charge >= 0.3 is 0 Å². The van der Waals surface area contributed by atoms with E-state index in [-0.39, 0.29) is 0 Å². The van der Waals surface area contributed by atoms with Crippen LogP contribution in [0.4, 0.5) is 0 Å². The molecule has 1 aromatic rings. The zero-order valence-electron chi connectivity index (χ0n) is 13.1. The lowest BCUT2D eigenvalue weighted by atomic mass is 9.95. The van der Waals surface area contributed by atoms with Crippen molar-refractivity contribution in [1.82, 2.24) is 10.2 Å². The Bertz CT molecular complexity index is 431. The average molecular weight is 260 g/mol. The summed E-state index contributed by atoms with van der Waals surface area (Å²) in [7, 11) is 2.22. The van der Waals surface area contributed by atoms with Gasteiger partial charge in [-0.2, -0.15) is 0 Å². The van der Waals surface area contributed by atoms with Gasteiger partial charge in [0.05, 0.1) is 0 Å². The molecule has 1 unspecified atom stereocenters. The fourth-order valence-corrected chi connectivity index (χ4v) is 3.07. The van der Waals surface area contributed by atoms with Gasteiger partial charge in [-0.3, -0.25) is 0 Å². The summed E-state index contributed by atoms with van der Waals surface area (Å²) in [6.45, 7) is 11.4. The van der Waals surface area contributed by atoms with Gasteiger partial charge in [-0.1, -0.05) is 12.1 Å². The Morgan fingerprint density at radius 2 is 1.63 bits per heavy atom. The van der Waals surface area contributed by atoms with Crippen molar-refractivity contribution < 1.29 is 0 Å². The van der Waals surface area contributed by atoms with Crippen LogP contribution < -0.4 is 5.32 Å². The number of nitrogens with zero attached hydrogens (tertiary/aromatic N) is 1. The van der Waals surface area contributed by atoms with Crippen LogP contribution in [0.1, 0.15) is 48.1 Å². The predicted octanol–water partition coefficient (Wildman–Crippen LogP) is 3.36. The number of hydrogen-bond acceptors (Lipinski definition) is 2. The smallest absolute Gasteiger partial charge is 0.0297 e. The Labute approximate surface area is 118 Å². The Morgan fingerprint density at radius 1 is 1.05 bits per heavy atom. The molecule has 106 valence electrons. The average Bonchev–Trinajstić information content (AvgIpc) is 2.36. The third kappa shape index (κ3) is 3.58. The lowest BCUT2D eigenvalue weighted by Crippen LogP contribution is -2.41. The molecule has 1 aliphatic heterocycles. The first-order valence-electron chi connectivity index (χ1n) is 7.49. The van der Waals surface area contributed by atoms with Crippen molar-refractivity contribution >= 4 is 0 Å². The lowest BCUT2D eigenvalue weighted by Gasteiger charge is -2.32. The molecule has 1 atom stereocenters. The van der Waals surface area contributed by atoms with Crippen LogP contribution in [-0.4, -0.2) is 31.1 Å². The zero-order valence-corrected chi connectivity index (χ0v) is 13.1. The summed E-state index contributed by atoms with van der Waals surface area (Å²) in [4.78, 5) is 2.42. The first kappa shape index (κ1) is 14.5. The van der Waals surface area contributed by atoms with Crippen molar-refractivity contribution in [2.24, 2.45) is 0 Å². The van der Waals surface area contributed by atoms with E-state index in [0.717, 1.165) is 0 Å². The second-order valence-corrected chi connectivity index (χ2v) is 6.26. The minimum Gasteiger partial charge on any atom is -0.307 e. The van der Waals surface area contributed by atoms with E-state index in [1.165, 1.54) is 48.2 Å². The van der Waals surface area contributed by atoms with Crippen LogP contribution in [0.15, 0.2) is 12.1 Å². The van der Waals surface area contributed by atoms with Gasteiger partial charge in [0.15, 0.2) is 0 Å². The normalized spacial score (nSPS) is 19.6. The van der Waals surface area contributed by atoms with E-state index in [9.17, 15) is 0 Å². The van der Waals surface area contributed by atoms with Gasteiger partial charge in [-0.15, -0.1) is 0 Å². The standard InChI is InChI=1S/C17H28N2/c1-12-10-14(3)17(11-13(12)2)15(4)18-16-6-8-19(5)9-7-16/h10-11,15-16,18H,6-9H2,1-5H3. The van der Waals surface area contributed by atoms with Crippen LogP contribution in [0.5, 0.6) is 0 Å². The third-order valence-corrected chi connectivity index (χ3v) is 4.55. The molecule has 1 saturated heterocycles. The molecule has 1 heterocycles. The summed E-state index contributed by atoms with van der Waals surface area (Å²) in [5.74, 6) is 0. The molecule has 0 saturated carbocycles. The molecule has 0 amide bonds. The Hall–Kier alpha value is -0.860. The van der Waals surface area contributed by atoms with Crippen molar-refractivity contribution in [3.8, 4) is 0 Å². The fraction of sp³-hybridized carbons (Fsp3) is 0.647. The number of likely N-dealkylation sites (tertiary alicyclic amines) is 1. The molecule has 1 aromatic carbocycles. The van der Waals surface area contributed by atoms with Crippen molar-refractivity contribution in [2.45, 2.75) is 52.6 Å². The maximum absolute atomic E-state index is 3.82. The summed E-state index contributed by atoms with van der Waals surface area (Å²) >= 11 is 0. The van der Waals surface area contributed by atoms with E-state index >= 15 is 0 Å². The zero-order chi connectivity index (χ0) is 14.0. The van der Waals surface area contributed by atoms with Crippen molar-refractivity contribution in [3.63, 3.8) is 0 Å². The van der Waals surface area contributed by atoms with Crippen molar-refractivity contribution in [2.75, 3.05) is 20.1 Å². The number of nitrogens with one attached hydrogen (secondary N) is 1. The fourth-order valence-electron chi connectivity index (χ4n) is 3.07. The SMILES string of the molecule is Cc1cc(C)c(C(C)NC2CCN(C)CC2)cc1C. The van der Waals surface area contributed by atoms with Gasteiger partial charge in [-0.25, -0.2) is 0 Å². The Kier molecular flexibility index (Phi) is 4.64.